The zero-order chi connectivity index (χ0) is 37.5. The van der Waals surface area contributed by atoms with E-state index in [4.69, 9.17) is 0 Å². The van der Waals surface area contributed by atoms with Crippen molar-refractivity contribution in [3.8, 4) is 44.8 Å². The number of thiophene rings is 1. The van der Waals surface area contributed by atoms with E-state index in [1.807, 2.05) is 11.3 Å². The van der Waals surface area contributed by atoms with Crippen LogP contribution in [0, 0.1) is 0 Å². The highest BCUT2D eigenvalue weighted by Gasteiger charge is 2.20. The van der Waals surface area contributed by atoms with Gasteiger partial charge in [-0.2, -0.15) is 0 Å². The van der Waals surface area contributed by atoms with Gasteiger partial charge in [-0.3, -0.25) is 0 Å². The Morgan fingerprint density at radius 3 is 1.32 bits per heavy atom. The van der Waals surface area contributed by atoms with E-state index in [-0.39, 0.29) is 0 Å². The van der Waals surface area contributed by atoms with Crippen LogP contribution in [-0.4, -0.2) is 9.13 Å². The van der Waals surface area contributed by atoms with Crippen molar-refractivity contribution in [2.75, 3.05) is 0 Å². The quantitative estimate of drug-likeness (QED) is 0.166. The smallest absolute Gasteiger partial charge is 0.0661 e. The monoisotopic (exact) mass is 742 g/mol. The molecule has 12 aromatic rings. The first-order valence-electron chi connectivity index (χ1n) is 19.5. The Balaban J connectivity index is 1.09. The minimum absolute atomic E-state index is 1.16. The summed E-state index contributed by atoms with van der Waals surface area (Å²) < 4.78 is 7.52. The summed E-state index contributed by atoms with van der Waals surface area (Å²) in [6.07, 6.45) is 0. The second kappa shape index (κ2) is 12.7. The Hall–Kier alpha value is -7.20. The van der Waals surface area contributed by atoms with Gasteiger partial charge in [0.2, 0.25) is 0 Å². The Bertz CT molecular complexity index is 3400. The van der Waals surface area contributed by atoms with E-state index in [2.05, 4.69) is 215 Å². The Kier molecular flexibility index (Phi) is 7.13. The molecule has 9 aromatic carbocycles. The van der Waals surface area contributed by atoms with Crippen LogP contribution in [0.1, 0.15) is 0 Å². The molecule has 0 spiro atoms. The van der Waals surface area contributed by atoms with Crippen molar-refractivity contribution in [1.82, 2.24) is 9.13 Å². The number of para-hydroxylation sites is 4. The van der Waals surface area contributed by atoms with Gasteiger partial charge in [0.1, 0.15) is 0 Å². The van der Waals surface area contributed by atoms with Crippen LogP contribution in [0.25, 0.3) is 109 Å². The lowest BCUT2D eigenvalue weighted by atomic mass is 9.96. The van der Waals surface area contributed by atoms with Crippen molar-refractivity contribution in [2.24, 2.45) is 0 Å². The molecule has 0 aliphatic heterocycles. The van der Waals surface area contributed by atoms with Gasteiger partial charge in [-0.1, -0.05) is 152 Å². The van der Waals surface area contributed by atoms with Crippen LogP contribution in [0.2, 0.25) is 0 Å². The second-order valence-electron chi connectivity index (χ2n) is 14.9. The summed E-state index contributed by atoms with van der Waals surface area (Å²) in [6, 6.07) is 75.7. The summed E-state index contributed by atoms with van der Waals surface area (Å²) in [6.45, 7) is 0. The first-order valence-corrected chi connectivity index (χ1v) is 20.3. The molecule has 3 aromatic heterocycles. The van der Waals surface area contributed by atoms with E-state index in [1.54, 1.807) is 0 Å². The standard InChI is InChI=1S/C54H34N2S/c1-2-13-35(14-3-1)36-25-27-37(28-26-36)38-15-12-16-39(31-38)40-29-30-53-46(32-40)47-33-41(55-48-21-8-4-17-42(48)43-18-5-9-22-49(43)55)34-52(54(47)57-53)56-50-23-10-6-19-44(50)45-20-7-11-24-51(45)56/h1-34H. The van der Waals surface area contributed by atoms with Crippen LogP contribution in [0.3, 0.4) is 0 Å². The molecule has 3 heterocycles. The van der Waals surface area contributed by atoms with Crippen LogP contribution in [0.15, 0.2) is 206 Å². The molecule has 0 bridgehead atoms. The molecule has 12 rings (SSSR count). The number of hydrogen-bond acceptors (Lipinski definition) is 1. The van der Waals surface area contributed by atoms with Gasteiger partial charge in [-0.25, -0.2) is 0 Å². The third-order valence-electron chi connectivity index (χ3n) is 11.7. The molecule has 2 nitrogen and oxygen atoms in total. The average Bonchev–Trinajstić information content (AvgIpc) is 3.94. The third kappa shape index (κ3) is 5.03. The summed E-state index contributed by atoms with van der Waals surface area (Å²) in [4.78, 5) is 0. The highest BCUT2D eigenvalue weighted by Crippen LogP contribution is 2.45. The number of fused-ring (bicyclic) bond motifs is 9. The lowest BCUT2D eigenvalue weighted by Gasteiger charge is -2.14. The largest absolute Gasteiger partial charge is 0.309 e. The Morgan fingerprint density at radius 1 is 0.281 bits per heavy atom. The van der Waals surface area contributed by atoms with Crippen LogP contribution in [0.5, 0.6) is 0 Å². The van der Waals surface area contributed by atoms with Crippen molar-refractivity contribution in [3.05, 3.63) is 206 Å². The summed E-state index contributed by atoms with van der Waals surface area (Å²) in [7, 11) is 0. The van der Waals surface area contributed by atoms with Gasteiger partial charge in [0.25, 0.3) is 0 Å². The number of rotatable bonds is 5. The summed E-state index contributed by atoms with van der Waals surface area (Å²) >= 11 is 1.89. The average molecular weight is 743 g/mol. The molecule has 0 saturated heterocycles. The van der Waals surface area contributed by atoms with Gasteiger partial charge in [-0.15, -0.1) is 11.3 Å². The molecule has 0 radical (unpaired) electrons. The van der Waals surface area contributed by atoms with Crippen molar-refractivity contribution < 1.29 is 0 Å². The van der Waals surface area contributed by atoms with Gasteiger partial charge >= 0.3 is 0 Å². The van der Waals surface area contributed by atoms with Crippen molar-refractivity contribution >= 4 is 75.1 Å². The molecule has 0 fully saturated rings. The number of hydrogen-bond donors (Lipinski definition) is 0. The normalized spacial score (nSPS) is 11.9. The van der Waals surface area contributed by atoms with Gasteiger partial charge in [0, 0.05) is 42.7 Å². The summed E-state index contributed by atoms with van der Waals surface area (Å²) in [5.41, 5.74) is 14.5. The van der Waals surface area contributed by atoms with Crippen LogP contribution in [0.4, 0.5) is 0 Å². The molecule has 0 amide bonds. The first kappa shape index (κ1) is 32.1. The second-order valence-corrected chi connectivity index (χ2v) is 16.0. The Labute approximate surface area is 333 Å². The van der Waals surface area contributed by atoms with Crippen molar-refractivity contribution in [3.63, 3.8) is 0 Å². The molecule has 3 heteroatoms. The molecule has 57 heavy (non-hydrogen) atoms. The maximum Gasteiger partial charge on any atom is 0.0661 e. The molecule has 0 N–H and O–H groups in total. The van der Waals surface area contributed by atoms with Crippen molar-refractivity contribution in [2.45, 2.75) is 0 Å². The first-order chi connectivity index (χ1) is 28.3. The zero-order valence-corrected chi connectivity index (χ0v) is 31.7. The van der Waals surface area contributed by atoms with Crippen LogP contribution >= 0.6 is 11.3 Å². The molecule has 0 aliphatic carbocycles. The SMILES string of the molecule is c1ccc(-c2ccc(-c3cccc(-c4ccc5sc6c(-n7c8ccccc8c8ccccc87)cc(-n7c8ccccc8c8ccccc87)cc6c5c4)c3)cc2)cc1. The maximum atomic E-state index is 2.49. The highest BCUT2D eigenvalue weighted by atomic mass is 32.1. The van der Waals surface area contributed by atoms with Crippen molar-refractivity contribution in [1.29, 1.82) is 0 Å². The predicted molar refractivity (Wildman–Crippen MR) is 244 cm³/mol. The van der Waals surface area contributed by atoms with Crippen LogP contribution < -0.4 is 0 Å². The van der Waals surface area contributed by atoms with Crippen LogP contribution in [-0.2, 0) is 0 Å². The van der Waals surface area contributed by atoms with E-state index in [9.17, 15) is 0 Å². The van der Waals surface area contributed by atoms with E-state index in [0.717, 1.165) is 5.69 Å². The lowest BCUT2D eigenvalue weighted by Crippen LogP contribution is -1.99. The van der Waals surface area contributed by atoms with Gasteiger partial charge in [0.05, 0.1) is 32.5 Å². The molecular formula is C54H34N2S. The fourth-order valence-electron chi connectivity index (χ4n) is 9.07. The van der Waals surface area contributed by atoms with E-state index in [0.29, 0.717) is 0 Å². The summed E-state index contributed by atoms with van der Waals surface area (Å²) in [5.74, 6) is 0. The molecule has 0 aliphatic rings. The molecular weight excluding hydrogens is 709 g/mol. The third-order valence-corrected chi connectivity index (χ3v) is 12.9. The molecule has 0 atom stereocenters. The maximum absolute atomic E-state index is 2.49. The topological polar surface area (TPSA) is 9.86 Å². The fourth-order valence-corrected chi connectivity index (χ4v) is 10.2. The zero-order valence-electron chi connectivity index (χ0n) is 30.9. The highest BCUT2D eigenvalue weighted by molar-refractivity contribution is 7.26. The minimum Gasteiger partial charge on any atom is -0.309 e. The molecule has 0 unspecified atom stereocenters. The van der Waals surface area contributed by atoms with Gasteiger partial charge in [-0.05, 0) is 88.0 Å². The fraction of sp³-hybridized carbons (Fsp3) is 0. The number of nitrogens with zero attached hydrogens (tertiary/aromatic N) is 2. The number of benzene rings is 9. The molecule has 0 saturated carbocycles. The number of aromatic nitrogens is 2. The predicted octanol–water partition coefficient (Wildman–Crippen LogP) is 15.2. The van der Waals surface area contributed by atoms with Gasteiger partial charge in [0.15, 0.2) is 0 Å². The Morgan fingerprint density at radius 2 is 0.719 bits per heavy atom. The van der Waals surface area contributed by atoms with E-state index >= 15 is 0 Å². The minimum atomic E-state index is 1.16. The molecule has 266 valence electrons. The van der Waals surface area contributed by atoms with Gasteiger partial charge < -0.3 is 9.13 Å². The lowest BCUT2D eigenvalue weighted by molar-refractivity contribution is 1.15. The summed E-state index contributed by atoms with van der Waals surface area (Å²) in [5, 5.41) is 7.59. The van der Waals surface area contributed by atoms with E-state index < -0.39 is 0 Å². The van der Waals surface area contributed by atoms with E-state index in [1.165, 1.54) is 103 Å².